The summed E-state index contributed by atoms with van der Waals surface area (Å²) in [5, 5.41) is 7.58. The summed E-state index contributed by atoms with van der Waals surface area (Å²) in [4.78, 5) is 44.7. The molecule has 0 aliphatic heterocycles. The standard InChI is InChI=1S/2C42H30N4.C36H26N4.2CH4/c1-42(2)33-22-11-9-20-31(33)37-34(42)24-25-36-38(37)32-21-10-12-23-35(32)46(36)30-19-13-18-29(26-30)41-44-39(27-14-5-3-6-15-27)43-40(45-41)28-16-7-4-8-17-28;1-42(2)33-19-11-9-17-31(33)37-34(42)25-26-36-38(37)32-18-10-12-20-35(32)46(36)30-23-21-29(22-24-30)41-44-39(27-13-5-3-6-14-27)43-40(45-41)28-15-7-4-8-16-28;1-36(2)27-19-11-9-17-25(27)31-28(36)21-22-30-32(31)26-18-10-12-20-29(26)40(30)35-38-33(23-13-5-3-6-14-23)37-34(39-35)24-15-7-4-8-16-24;;/h2*3-26H,1-2H3;3-22H,1-2H3;2*1H4. The maximum absolute atomic E-state index is 5.08. The van der Waals surface area contributed by atoms with Crippen molar-refractivity contribution in [2.24, 2.45) is 0 Å². The SMILES string of the molecule is C.C.CC1(C)c2ccccc2-c2c1ccc1c2c2ccccc2n1-c1ccc(-c2nc(-c3ccccc3)nc(-c3ccccc3)n2)cc1.CC1(C)c2ccccc2-c2c1ccc1c2c2ccccc2n1-c1cccc(-c2nc(-c3ccccc3)nc(-c3ccccc3)n2)c1.CC1(C)c2ccccc2-c2c1ccc1c2c2ccccc2n1-c1nc(-c2ccccc2)nc(-c2ccccc2)n1. The van der Waals surface area contributed by atoms with E-state index in [-0.39, 0.29) is 31.1 Å². The second-order valence-electron chi connectivity index (χ2n) is 35.9. The molecule has 0 radical (unpaired) electrons. The Kier molecular flexibility index (Phi) is 20.4. The first-order chi connectivity index (χ1) is 64.8. The molecule has 0 atom stereocenters. The van der Waals surface area contributed by atoms with Gasteiger partial charge in [0, 0.05) is 104 Å². The van der Waals surface area contributed by atoms with Gasteiger partial charge in [-0.3, -0.25) is 4.57 Å². The van der Waals surface area contributed by atoms with Crippen molar-refractivity contribution >= 4 is 65.4 Å². The summed E-state index contributed by atoms with van der Waals surface area (Å²) in [5.41, 5.74) is 32.8. The van der Waals surface area contributed by atoms with Crippen LogP contribution in [0.25, 0.3) is 207 Å². The van der Waals surface area contributed by atoms with Gasteiger partial charge in [-0.2, -0.15) is 9.97 Å². The van der Waals surface area contributed by atoms with Gasteiger partial charge in [-0.1, -0.05) is 396 Å². The molecule has 6 aromatic heterocycles. The lowest BCUT2D eigenvalue weighted by molar-refractivity contribution is 0.660. The van der Waals surface area contributed by atoms with Crippen molar-refractivity contribution in [2.45, 2.75) is 72.6 Å². The van der Waals surface area contributed by atoms with Crippen molar-refractivity contribution in [2.75, 3.05) is 0 Å². The molecule has 3 aliphatic rings. The summed E-state index contributed by atoms with van der Waals surface area (Å²) in [7, 11) is 0. The third-order valence-corrected chi connectivity index (χ3v) is 27.2. The van der Waals surface area contributed by atoms with E-state index in [0.29, 0.717) is 52.5 Å². The molecule has 0 bridgehead atoms. The molecule has 0 saturated carbocycles. The number of benzene rings is 17. The maximum Gasteiger partial charge on any atom is 0.238 e. The molecular weight excluding hydrogens is 1630 g/mol. The van der Waals surface area contributed by atoms with E-state index in [9.17, 15) is 0 Å². The number of para-hydroxylation sites is 3. The molecule has 23 aromatic rings. The van der Waals surface area contributed by atoms with E-state index in [2.05, 4.69) is 286 Å². The molecule has 6 heterocycles. The molecule has 0 fully saturated rings. The fourth-order valence-corrected chi connectivity index (χ4v) is 20.8. The van der Waals surface area contributed by atoms with E-state index in [1.807, 2.05) is 182 Å². The van der Waals surface area contributed by atoms with E-state index in [4.69, 9.17) is 44.9 Å². The van der Waals surface area contributed by atoms with Crippen LogP contribution in [-0.4, -0.2) is 58.6 Å². The second kappa shape index (κ2) is 33.0. The smallest absolute Gasteiger partial charge is 0.238 e. The topological polar surface area (TPSA) is 131 Å². The molecule has 0 amide bonds. The van der Waals surface area contributed by atoms with Crippen LogP contribution >= 0.6 is 0 Å². The van der Waals surface area contributed by atoms with Gasteiger partial charge in [-0.05, 0) is 140 Å². The fraction of sp³-hybridized carbons (Fsp3) is 0.0902. The average Bonchev–Trinajstić information content (AvgIpc) is 1.55. The van der Waals surface area contributed by atoms with Crippen molar-refractivity contribution in [3.05, 3.63) is 446 Å². The van der Waals surface area contributed by atoms with Gasteiger partial charge in [0.05, 0.1) is 33.1 Å². The lowest BCUT2D eigenvalue weighted by atomic mass is 9.82. The van der Waals surface area contributed by atoms with E-state index in [0.717, 1.165) is 66.9 Å². The third-order valence-electron chi connectivity index (χ3n) is 27.2. The van der Waals surface area contributed by atoms with Crippen LogP contribution < -0.4 is 0 Å². The van der Waals surface area contributed by atoms with Gasteiger partial charge in [-0.15, -0.1) is 0 Å². The van der Waals surface area contributed by atoms with Crippen LogP contribution in [0.15, 0.2) is 413 Å². The first-order valence-electron chi connectivity index (χ1n) is 45.1. The van der Waals surface area contributed by atoms with Crippen LogP contribution in [-0.2, 0) is 16.2 Å². The van der Waals surface area contributed by atoms with Gasteiger partial charge in [0.1, 0.15) is 0 Å². The molecule has 12 nitrogen and oxygen atoms in total. The van der Waals surface area contributed by atoms with Crippen LogP contribution in [0.2, 0.25) is 0 Å². The van der Waals surface area contributed by atoms with Crippen LogP contribution in [0.4, 0.5) is 0 Å². The first kappa shape index (κ1) is 82.8. The molecule has 0 N–H and O–H groups in total. The summed E-state index contributed by atoms with van der Waals surface area (Å²) >= 11 is 0. The summed E-state index contributed by atoms with van der Waals surface area (Å²) in [6, 6.07) is 144. The third kappa shape index (κ3) is 13.6. The molecule has 12 heteroatoms. The molecular formula is C122H94N12. The van der Waals surface area contributed by atoms with E-state index < -0.39 is 0 Å². The highest BCUT2D eigenvalue weighted by atomic mass is 15.2. The summed E-state index contributed by atoms with van der Waals surface area (Å²) < 4.78 is 6.99. The number of nitrogens with zero attached hydrogens (tertiary/aromatic N) is 12. The highest BCUT2D eigenvalue weighted by molar-refractivity contribution is 6.21. The highest BCUT2D eigenvalue weighted by Crippen LogP contribution is 2.57. The van der Waals surface area contributed by atoms with Gasteiger partial charge in [0.25, 0.3) is 0 Å². The molecule has 642 valence electrons. The lowest BCUT2D eigenvalue weighted by Gasteiger charge is -2.21. The molecule has 3 aliphatic carbocycles. The van der Waals surface area contributed by atoms with Crippen molar-refractivity contribution in [3.63, 3.8) is 0 Å². The minimum Gasteiger partial charge on any atom is -0.309 e. The Morgan fingerprint density at radius 3 is 0.754 bits per heavy atom. The van der Waals surface area contributed by atoms with Crippen LogP contribution in [0.1, 0.15) is 89.8 Å². The van der Waals surface area contributed by atoms with Crippen molar-refractivity contribution < 1.29 is 0 Å². The lowest BCUT2D eigenvalue weighted by Crippen LogP contribution is -2.14. The Balaban J connectivity index is 0.000000116. The molecule has 134 heavy (non-hydrogen) atoms. The second-order valence-corrected chi connectivity index (χ2v) is 35.9. The maximum atomic E-state index is 5.08. The van der Waals surface area contributed by atoms with Gasteiger partial charge >= 0.3 is 0 Å². The predicted molar refractivity (Wildman–Crippen MR) is 552 cm³/mol. The zero-order valence-corrected chi connectivity index (χ0v) is 73.6. The van der Waals surface area contributed by atoms with Gasteiger partial charge in [-0.25, -0.2) is 34.9 Å². The van der Waals surface area contributed by atoms with Crippen LogP contribution in [0, 0.1) is 0 Å². The van der Waals surface area contributed by atoms with Crippen molar-refractivity contribution in [1.82, 2.24) is 58.6 Å². The number of hydrogen-bond acceptors (Lipinski definition) is 9. The zero-order valence-electron chi connectivity index (χ0n) is 73.6. The predicted octanol–water partition coefficient (Wildman–Crippen LogP) is 30.4. The molecule has 26 rings (SSSR count). The monoisotopic (exact) mass is 1730 g/mol. The number of hydrogen-bond donors (Lipinski definition) is 0. The molecule has 0 saturated heterocycles. The Hall–Kier alpha value is -16.8. The Morgan fingerprint density at radius 1 is 0.179 bits per heavy atom. The minimum atomic E-state index is -0.0720. The molecule has 0 unspecified atom stereocenters. The van der Waals surface area contributed by atoms with E-state index in [1.54, 1.807) is 0 Å². The number of aromatic nitrogens is 12. The molecule has 17 aromatic carbocycles. The summed E-state index contributed by atoms with van der Waals surface area (Å²) in [6.07, 6.45) is 0. The van der Waals surface area contributed by atoms with Crippen LogP contribution in [0.3, 0.4) is 0 Å². The zero-order chi connectivity index (χ0) is 88.5. The van der Waals surface area contributed by atoms with Gasteiger partial charge in [0.15, 0.2) is 46.6 Å². The normalized spacial score (nSPS) is 13.1. The summed E-state index contributed by atoms with van der Waals surface area (Å²) in [5.74, 6) is 5.86. The quantitative estimate of drug-likeness (QED) is 0.124. The number of rotatable bonds is 11. The Labute approximate surface area is 779 Å². The Bertz CT molecular complexity index is 8340. The number of fused-ring (bicyclic) bond motifs is 21. The average molecular weight is 1730 g/mol. The van der Waals surface area contributed by atoms with Crippen molar-refractivity contribution in [3.8, 4) is 142 Å². The van der Waals surface area contributed by atoms with E-state index >= 15 is 0 Å². The summed E-state index contributed by atoms with van der Waals surface area (Å²) in [6.45, 7) is 14.0. The first-order valence-corrected chi connectivity index (χ1v) is 45.1. The highest BCUT2D eigenvalue weighted by Gasteiger charge is 2.41. The fourth-order valence-electron chi connectivity index (χ4n) is 20.8. The van der Waals surface area contributed by atoms with E-state index in [1.165, 1.54) is 121 Å². The van der Waals surface area contributed by atoms with Gasteiger partial charge < -0.3 is 9.13 Å². The van der Waals surface area contributed by atoms with Crippen molar-refractivity contribution in [1.29, 1.82) is 0 Å². The Morgan fingerprint density at radius 2 is 0.425 bits per heavy atom. The molecule has 0 spiro atoms. The van der Waals surface area contributed by atoms with Gasteiger partial charge in [0.2, 0.25) is 5.95 Å². The minimum absolute atomic E-state index is 0. The largest absolute Gasteiger partial charge is 0.309 e. The van der Waals surface area contributed by atoms with Crippen LogP contribution in [0.5, 0.6) is 0 Å².